The lowest BCUT2D eigenvalue weighted by Crippen LogP contribution is -2.31. The van der Waals surface area contributed by atoms with E-state index < -0.39 is 0 Å². The molecule has 112 valence electrons. The molecule has 0 radical (unpaired) electrons. The topological polar surface area (TPSA) is 24.9 Å². The molecule has 0 bridgehead atoms. The molecule has 1 aromatic carbocycles. The van der Waals surface area contributed by atoms with E-state index in [0.717, 1.165) is 5.92 Å². The predicted octanol–water partition coefficient (Wildman–Crippen LogP) is 4.59. The van der Waals surface area contributed by atoms with Gasteiger partial charge in [-0.25, -0.2) is 0 Å². The van der Waals surface area contributed by atoms with Crippen molar-refractivity contribution in [2.45, 2.75) is 45.7 Å². The molecule has 0 amide bonds. The van der Waals surface area contributed by atoms with E-state index in [0.29, 0.717) is 6.04 Å². The Hall–Kier alpha value is -1.67. The normalized spacial score (nSPS) is 14.1. The molecular weight excluding hydrogens is 256 g/mol. The number of hydrogen-bond acceptors (Lipinski definition) is 2. The van der Waals surface area contributed by atoms with Crippen LogP contribution in [0.4, 0.5) is 0 Å². The summed E-state index contributed by atoms with van der Waals surface area (Å²) in [7, 11) is 0. The van der Waals surface area contributed by atoms with Gasteiger partial charge >= 0.3 is 0 Å². The molecule has 1 heterocycles. The number of nitrogens with one attached hydrogen (secondary N) is 1. The number of aromatic nitrogens is 1. The zero-order valence-corrected chi connectivity index (χ0v) is 13.3. The van der Waals surface area contributed by atoms with Crippen molar-refractivity contribution in [1.29, 1.82) is 0 Å². The Morgan fingerprint density at radius 3 is 2.10 bits per heavy atom. The van der Waals surface area contributed by atoms with Crippen LogP contribution in [0.15, 0.2) is 54.9 Å². The molecule has 2 atom stereocenters. The highest BCUT2D eigenvalue weighted by atomic mass is 14.9. The van der Waals surface area contributed by atoms with Crippen LogP contribution in [-0.2, 0) is 0 Å². The predicted molar refractivity (Wildman–Crippen MR) is 89.2 cm³/mol. The lowest BCUT2D eigenvalue weighted by Gasteiger charge is -2.25. The molecule has 0 saturated heterocycles. The first-order valence-corrected chi connectivity index (χ1v) is 7.87. The smallest absolute Gasteiger partial charge is 0.0579 e. The zero-order valence-electron chi connectivity index (χ0n) is 13.3. The van der Waals surface area contributed by atoms with Gasteiger partial charge in [0.15, 0.2) is 0 Å². The molecule has 2 nitrogen and oxygen atoms in total. The molecule has 0 fully saturated rings. The van der Waals surface area contributed by atoms with Crippen molar-refractivity contribution >= 4 is 0 Å². The summed E-state index contributed by atoms with van der Waals surface area (Å²) in [6.07, 6.45) is 6.19. The fourth-order valence-corrected chi connectivity index (χ4v) is 2.54. The third-order valence-electron chi connectivity index (χ3n) is 3.80. The van der Waals surface area contributed by atoms with Gasteiger partial charge in [0.2, 0.25) is 0 Å². The molecule has 2 rings (SSSR count). The third-order valence-corrected chi connectivity index (χ3v) is 3.80. The van der Waals surface area contributed by atoms with E-state index in [1.807, 2.05) is 12.4 Å². The van der Waals surface area contributed by atoms with E-state index in [9.17, 15) is 0 Å². The molecule has 0 aliphatic heterocycles. The van der Waals surface area contributed by atoms with Gasteiger partial charge in [0, 0.05) is 18.4 Å². The highest BCUT2D eigenvalue weighted by Crippen LogP contribution is 2.22. The average Bonchev–Trinajstić information content (AvgIpc) is 2.52. The van der Waals surface area contributed by atoms with E-state index in [1.165, 1.54) is 24.0 Å². The Labute approximate surface area is 128 Å². The van der Waals surface area contributed by atoms with Crippen molar-refractivity contribution in [3.8, 4) is 0 Å². The summed E-state index contributed by atoms with van der Waals surface area (Å²) in [6, 6.07) is 15.6. The van der Waals surface area contributed by atoms with Crippen LogP contribution in [0.3, 0.4) is 0 Å². The summed E-state index contributed by atoms with van der Waals surface area (Å²) >= 11 is 0. The van der Waals surface area contributed by atoms with Crippen LogP contribution in [0.2, 0.25) is 0 Å². The Kier molecular flexibility index (Phi) is 5.94. The van der Waals surface area contributed by atoms with Gasteiger partial charge in [-0.3, -0.25) is 4.98 Å². The summed E-state index contributed by atoms with van der Waals surface area (Å²) in [5.74, 6) is 0.755. The SMILES string of the molecule is CC(C)CCC(C)NC(c1ccccc1)c1ccncc1. The Morgan fingerprint density at radius 1 is 0.857 bits per heavy atom. The van der Waals surface area contributed by atoms with E-state index in [4.69, 9.17) is 0 Å². The summed E-state index contributed by atoms with van der Waals surface area (Å²) in [6.45, 7) is 6.84. The number of benzene rings is 1. The Bertz CT molecular complexity index is 468. The first-order valence-electron chi connectivity index (χ1n) is 7.87. The quantitative estimate of drug-likeness (QED) is 0.803. The minimum absolute atomic E-state index is 0.233. The second-order valence-electron chi connectivity index (χ2n) is 6.16. The van der Waals surface area contributed by atoms with Gasteiger partial charge in [-0.15, -0.1) is 0 Å². The first kappa shape index (κ1) is 15.7. The maximum Gasteiger partial charge on any atom is 0.0579 e. The molecular formula is C19H26N2. The Morgan fingerprint density at radius 2 is 1.48 bits per heavy atom. The van der Waals surface area contributed by atoms with Crippen LogP contribution < -0.4 is 5.32 Å². The Balaban J connectivity index is 2.13. The molecule has 1 aromatic heterocycles. The molecule has 2 heteroatoms. The first-order chi connectivity index (χ1) is 10.2. The van der Waals surface area contributed by atoms with Gasteiger partial charge in [-0.05, 0) is 48.9 Å². The standard InChI is InChI=1S/C19H26N2/c1-15(2)9-10-16(3)21-19(17-7-5-4-6-8-17)18-11-13-20-14-12-18/h4-8,11-16,19,21H,9-10H2,1-3H3. The number of rotatable bonds is 7. The van der Waals surface area contributed by atoms with Crippen LogP contribution in [0, 0.1) is 5.92 Å². The molecule has 0 saturated carbocycles. The molecule has 0 spiro atoms. The van der Waals surface area contributed by atoms with Crippen LogP contribution >= 0.6 is 0 Å². The third kappa shape index (κ3) is 4.98. The van der Waals surface area contributed by atoms with E-state index in [-0.39, 0.29) is 6.04 Å². The van der Waals surface area contributed by atoms with Crippen LogP contribution in [0.25, 0.3) is 0 Å². The van der Waals surface area contributed by atoms with Crippen molar-refractivity contribution in [2.24, 2.45) is 5.92 Å². The summed E-state index contributed by atoms with van der Waals surface area (Å²) < 4.78 is 0. The second-order valence-corrected chi connectivity index (χ2v) is 6.16. The van der Waals surface area contributed by atoms with Gasteiger partial charge in [0.1, 0.15) is 0 Å². The highest BCUT2D eigenvalue weighted by molar-refractivity contribution is 5.30. The second kappa shape index (κ2) is 7.94. The molecule has 0 aliphatic carbocycles. The van der Waals surface area contributed by atoms with Crippen LogP contribution in [-0.4, -0.2) is 11.0 Å². The number of nitrogens with zero attached hydrogens (tertiary/aromatic N) is 1. The molecule has 1 N–H and O–H groups in total. The van der Waals surface area contributed by atoms with Crippen LogP contribution in [0.5, 0.6) is 0 Å². The van der Waals surface area contributed by atoms with Gasteiger partial charge in [-0.2, -0.15) is 0 Å². The van der Waals surface area contributed by atoms with Gasteiger partial charge in [0.25, 0.3) is 0 Å². The molecule has 21 heavy (non-hydrogen) atoms. The van der Waals surface area contributed by atoms with Crippen molar-refractivity contribution < 1.29 is 0 Å². The minimum Gasteiger partial charge on any atom is -0.304 e. The average molecular weight is 282 g/mol. The van der Waals surface area contributed by atoms with Gasteiger partial charge in [-0.1, -0.05) is 44.2 Å². The van der Waals surface area contributed by atoms with E-state index >= 15 is 0 Å². The van der Waals surface area contributed by atoms with Gasteiger partial charge < -0.3 is 5.32 Å². The maximum absolute atomic E-state index is 4.13. The highest BCUT2D eigenvalue weighted by Gasteiger charge is 2.16. The van der Waals surface area contributed by atoms with E-state index in [1.54, 1.807) is 0 Å². The number of hydrogen-bond donors (Lipinski definition) is 1. The largest absolute Gasteiger partial charge is 0.304 e. The van der Waals surface area contributed by atoms with Crippen molar-refractivity contribution in [3.63, 3.8) is 0 Å². The molecule has 0 aliphatic rings. The summed E-state index contributed by atoms with van der Waals surface area (Å²) in [5.41, 5.74) is 2.58. The lowest BCUT2D eigenvalue weighted by atomic mass is 9.97. The van der Waals surface area contributed by atoms with E-state index in [2.05, 4.69) is 73.5 Å². The monoisotopic (exact) mass is 282 g/mol. The maximum atomic E-state index is 4.13. The van der Waals surface area contributed by atoms with Crippen molar-refractivity contribution in [3.05, 3.63) is 66.0 Å². The van der Waals surface area contributed by atoms with Gasteiger partial charge in [0.05, 0.1) is 6.04 Å². The molecule has 2 unspecified atom stereocenters. The molecule has 2 aromatic rings. The fraction of sp³-hybridized carbons (Fsp3) is 0.421. The lowest BCUT2D eigenvalue weighted by molar-refractivity contribution is 0.427. The zero-order chi connectivity index (χ0) is 15.1. The van der Waals surface area contributed by atoms with Crippen molar-refractivity contribution in [2.75, 3.05) is 0 Å². The summed E-state index contributed by atoms with van der Waals surface area (Å²) in [4.78, 5) is 4.13. The fourth-order valence-electron chi connectivity index (χ4n) is 2.54. The minimum atomic E-state index is 0.233. The van der Waals surface area contributed by atoms with Crippen molar-refractivity contribution in [1.82, 2.24) is 10.3 Å². The summed E-state index contributed by atoms with van der Waals surface area (Å²) in [5, 5.41) is 3.78. The van der Waals surface area contributed by atoms with Crippen LogP contribution in [0.1, 0.15) is 50.8 Å². The number of pyridine rings is 1.